The number of carbonyl (C=O) groups excluding carboxylic acids is 1. The summed E-state index contributed by atoms with van der Waals surface area (Å²) < 4.78 is 31.7. The van der Waals surface area contributed by atoms with Gasteiger partial charge in [0.1, 0.15) is 35.2 Å². The largest absolute Gasteiger partial charge is 0.346 e. The van der Waals surface area contributed by atoms with E-state index in [0.29, 0.717) is 30.3 Å². The van der Waals surface area contributed by atoms with Gasteiger partial charge in [-0.05, 0) is 42.7 Å². The van der Waals surface area contributed by atoms with E-state index in [9.17, 15) is 13.6 Å². The second kappa shape index (κ2) is 9.91. The van der Waals surface area contributed by atoms with E-state index < -0.39 is 23.1 Å². The van der Waals surface area contributed by atoms with Crippen LogP contribution in [0.2, 0.25) is 0 Å². The first-order valence-electron chi connectivity index (χ1n) is 13.2. The van der Waals surface area contributed by atoms with Crippen LogP contribution in [0.4, 0.5) is 8.78 Å². The first kappa shape index (κ1) is 24.5. The Balaban J connectivity index is 0.961. The number of aromatic nitrogens is 6. The number of carbonyl (C=O) groups is 1. The minimum absolute atomic E-state index is 0.298. The zero-order valence-corrected chi connectivity index (χ0v) is 21.5. The van der Waals surface area contributed by atoms with Crippen LogP contribution in [-0.2, 0) is 0 Å². The normalized spacial score (nSPS) is 16.9. The lowest BCUT2D eigenvalue weighted by Gasteiger charge is -2.46. The number of likely N-dealkylation sites (tertiary alicyclic amines) is 2. The Hall–Kier alpha value is -4.51. The average Bonchev–Trinajstić information content (AvgIpc) is 3.63. The van der Waals surface area contributed by atoms with Gasteiger partial charge in [0.25, 0.3) is 5.91 Å². The van der Waals surface area contributed by atoms with Crippen LogP contribution in [-0.4, -0.2) is 77.6 Å². The summed E-state index contributed by atoms with van der Waals surface area (Å²) in [5.74, 6) is -2.32. The van der Waals surface area contributed by atoms with Crippen molar-refractivity contribution in [2.45, 2.75) is 18.9 Å². The van der Waals surface area contributed by atoms with Crippen molar-refractivity contribution in [2.24, 2.45) is 0 Å². The van der Waals surface area contributed by atoms with Crippen molar-refractivity contribution in [3.8, 4) is 22.4 Å². The molecule has 7 rings (SSSR count). The number of H-pyrrole nitrogens is 1. The molecule has 201 valence electrons. The van der Waals surface area contributed by atoms with Gasteiger partial charge in [-0.1, -0.05) is 6.07 Å². The topological polar surface area (TPSA) is 95.8 Å². The number of hydrogen-bond donors (Lipinski definition) is 1. The predicted molar refractivity (Wildman–Crippen MR) is 144 cm³/mol. The molecule has 0 unspecified atom stereocenters. The molecule has 1 radical (unpaired) electrons. The minimum Gasteiger partial charge on any atom is -0.346 e. The van der Waals surface area contributed by atoms with E-state index in [1.807, 2.05) is 29.3 Å². The molecule has 0 atom stereocenters. The van der Waals surface area contributed by atoms with E-state index in [1.165, 1.54) is 24.4 Å². The van der Waals surface area contributed by atoms with E-state index >= 15 is 0 Å². The van der Waals surface area contributed by atoms with Crippen LogP contribution in [0.25, 0.3) is 33.4 Å². The molecular weight excluding hydrogens is 514 g/mol. The number of hydrogen-bond acceptors (Lipinski definition) is 6. The van der Waals surface area contributed by atoms with Gasteiger partial charge in [0.2, 0.25) is 0 Å². The molecule has 1 aromatic carbocycles. The molecule has 11 heteroatoms. The Labute approximate surface area is 228 Å². The highest BCUT2D eigenvalue weighted by molar-refractivity contribution is 5.95. The number of nitrogens with zero attached hydrogens (tertiary/aromatic N) is 7. The highest BCUT2D eigenvalue weighted by atomic mass is 19.1. The van der Waals surface area contributed by atoms with Crippen molar-refractivity contribution in [3.05, 3.63) is 90.9 Å². The Morgan fingerprint density at radius 2 is 1.77 bits per heavy atom. The van der Waals surface area contributed by atoms with Crippen LogP contribution in [0.15, 0.2) is 67.6 Å². The first-order chi connectivity index (χ1) is 19.5. The van der Waals surface area contributed by atoms with Gasteiger partial charge < -0.3 is 9.88 Å². The summed E-state index contributed by atoms with van der Waals surface area (Å²) in [6.07, 6.45) is 11.8. The first-order valence-corrected chi connectivity index (χ1v) is 13.2. The van der Waals surface area contributed by atoms with Crippen LogP contribution in [0, 0.1) is 17.7 Å². The number of amides is 1. The monoisotopic (exact) mass is 539 g/mol. The van der Waals surface area contributed by atoms with Gasteiger partial charge in [-0.3, -0.25) is 19.4 Å². The van der Waals surface area contributed by atoms with E-state index in [4.69, 9.17) is 0 Å². The van der Waals surface area contributed by atoms with Crippen LogP contribution in [0.1, 0.15) is 23.2 Å². The quantitative estimate of drug-likeness (QED) is 0.360. The molecule has 0 saturated carbocycles. The second-order valence-electron chi connectivity index (χ2n) is 10.2. The smallest absolute Gasteiger partial charge is 0.259 e. The van der Waals surface area contributed by atoms with E-state index in [1.54, 1.807) is 29.6 Å². The standard InChI is InChI=1S/C29H25F2N8O/c30-24-10-19(18-2-1-6-32-12-18)11-25(31)26(24)29(40)37-8-4-21(5-9-37)38-15-22(16-38)39-14-20(13-36-39)27-23-3-7-33-28(23)35-17-34-27/h1-3,6-7,10-14,17,21H,4-5,8-9,15-16H2,(H,33,34,35). The number of aromatic amines is 1. The summed E-state index contributed by atoms with van der Waals surface area (Å²) in [4.78, 5) is 32.8. The Bertz CT molecular complexity index is 1660. The molecule has 2 fully saturated rings. The number of rotatable bonds is 5. The summed E-state index contributed by atoms with van der Waals surface area (Å²) >= 11 is 0. The molecule has 5 aromatic rings. The molecule has 4 aromatic heterocycles. The number of nitrogens with one attached hydrogen (secondary N) is 1. The van der Waals surface area contributed by atoms with Crippen molar-refractivity contribution in [2.75, 3.05) is 26.2 Å². The summed E-state index contributed by atoms with van der Waals surface area (Å²) in [7, 11) is 0. The number of halogens is 2. The van der Waals surface area contributed by atoms with E-state index in [2.05, 4.69) is 29.9 Å². The predicted octanol–water partition coefficient (Wildman–Crippen LogP) is 4.16. The summed E-state index contributed by atoms with van der Waals surface area (Å²) in [6, 6.07) is 9.25. The molecule has 2 aliphatic heterocycles. The molecule has 40 heavy (non-hydrogen) atoms. The number of benzene rings is 1. The van der Waals surface area contributed by atoms with Crippen molar-refractivity contribution >= 4 is 16.9 Å². The molecule has 6 heterocycles. The van der Waals surface area contributed by atoms with Gasteiger partial charge >= 0.3 is 0 Å². The van der Waals surface area contributed by atoms with Crippen LogP contribution < -0.4 is 0 Å². The molecule has 1 N–H and O–H groups in total. The zero-order chi connectivity index (χ0) is 27.2. The lowest BCUT2D eigenvalue weighted by molar-refractivity contribution is 0.0508. The summed E-state index contributed by atoms with van der Waals surface area (Å²) in [5, 5.41) is 5.50. The molecule has 0 aliphatic carbocycles. The number of pyridine rings is 1. The molecule has 9 nitrogen and oxygen atoms in total. The van der Waals surface area contributed by atoms with Gasteiger partial charge in [0.05, 0.1) is 11.9 Å². The Morgan fingerprint density at radius 1 is 0.975 bits per heavy atom. The third-order valence-corrected chi connectivity index (χ3v) is 7.82. The SMILES string of the molecule is O=C(c1c(F)cc(-c2cccnc2)cc1F)N1CCC(N2C[C](n3cc(-c4ncnc5[nH]ccc45)cn3)C2)CC1. The van der Waals surface area contributed by atoms with Gasteiger partial charge in [-0.2, -0.15) is 5.10 Å². The van der Waals surface area contributed by atoms with Crippen molar-refractivity contribution < 1.29 is 13.6 Å². The highest BCUT2D eigenvalue weighted by Crippen LogP contribution is 2.31. The van der Waals surface area contributed by atoms with Crippen LogP contribution in [0.5, 0.6) is 0 Å². The lowest BCUT2D eigenvalue weighted by atomic mass is 9.96. The zero-order valence-electron chi connectivity index (χ0n) is 21.5. The Kier molecular flexibility index (Phi) is 6.07. The van der Waals surface area contributed by atoms with Crippen molar-refractivity contribution in [3.63, 3.8) is 0 Å². The van der Waals surface area contributed by atoms with Crippen LogP contribution in [0.3, 0.4) is 0 Å². The third-order valence-electron chi connectivity index (χ3n) is 7.82. The van der Waals surface area contributed by atoms with Crippen molar-refractivity contribution in [1.29, 1.82) is 0 Å². The highest BCUT2D eigenvalue weighted by Gasteiger charge is 2.37. The fraction of sp³-hybridized carbons (Fsp3) is 0.241. The molecule has 0 spiro atoms. The maximum Gasteiger partial charge on any atom is 0.259 e. The van der Waals surface area contributed by atoms with Crippen molar-refractivity contribution in [1.82, 2.24) is 39.5 Å². The fourth-order valence-electron chi connectivity index (χ4n) is 5.62. The average molecular weight is 540 g/mol. The van der Waals surface area contributed by atoms with E-state index in [-0.39, 0.29) is 0 Å². The summed E-state index contributed by atoms with van der Waals surface area (Å²) in [6.45, 7) is 2.46. The fourth-order valence-corrected chi connectivity index (χ4v) is 5.62. The number of fused-ring (bicyclic) bond motifs is 1. The minimum atomic E-state index is -0.856. The lowest BCUT2D eigenvalue weighted by Crippen LogP contribution is -2.56. The van der Waals surface area contributed by atoms with E-state index in [0.717, 1.165) is 48.2 Å². The van der Waals surface area contributed by atoms with Crippen LogP contribution >= 0.6 is 0 Å². The van der Waals surface area contributed by atoms with Gasteiger partial charge in [0.15, 0.2) is 0 Å². The number of piperidine rings is 1. The molecule has 1 amide bonds. The second-order valence-corrected chi connectivity index (χ2v) is 10.2. The van der Waals surface area contributed by atoms with Gasteiger partial charge in [-0.25, -0.2) is 18.7 Å². The maximum absolute atomic E-state index is 14.9. The molecule has 0 bridgehead atoms. The van der Waals surface area contributed by atoms with Gasteiger partial charge in [0, 0.05) is 73.5 Å². The molecular formula is C29H25F2N8O. The van der Waals surface area contributed by atoms with Gasteiger partial charge in [-0.15, -0.1) is 0 Å². The Morgan fingerprint density at radius 3 is 2.52 bits per heavy atom. The molecule has 2 aliphatic rings. The third kappa shape index (κ3) is 4.32. The molecule has 2 saturated heterocycles. The maximum atomic E-state index is 14.9. The summed E-state index contributed by atoms with van der Waals surface area (Å²) in [5.41, 5.74) is 2.99.